The van der Waals surface area contributed by atoms with Gasteiger partial charge in [0.15, 0.2) is 0 Å². The quantitative estimate of drug-likeness (QED) is 0.200. The van der Waals surface area contributed by atoms with Crippen LogP contribution in [0.2, 0.25) is 10.0 Å². The number of nitrogens with one attached hydrogen (secondary N) is 1. The number of benzene rings is 3. The molecular weight excluding hydrogens is 591 g/mol. The maximum absolute atomic E-state index is 14.0. The summed E-state index contributed by atoms with van der Waals surface area (Å²) < 4.78 is 28.4. The molecule has 0 heterocycles. The Morgan fingerprint density at radius 2 is 1.68 bits per heavy atom. The van der Waals surface area contributed by atoms with Crippen LogP contribution in [0.25, 0.3) is 0 Å². The van der Waals surface area contributed by atoms with Crippen molar-refractivity contribution in [2.24, 2.45) is 0 Å². The standard InChI is InChI=1S/C28H30Cl2N4O6S/c1-3-15-31-28(36)26(4-2)32(18-20-13-14-24(29)25(30)16-20)27(35)19-33(21-9-8-10-22(17-21)34(37)38)41(39,40)23-11-6-5-7-12-23/h5-14,16-17,26H,3-4,15,18-19H2,1-2H3,(H,31,36)/t26-/m0/s1. The minimum Gasteiger partial charge on any atom is -0.354 e. The van der Waals surface area contributed by atoms with E-state index in [9.17, 15) is 28.1 Å². The number of amides is 2. The van der Waals surface area contributed by atoms with Gasteiger partial charge in [0.05, 0.1) is 25.6 Å². The lowest BCUT2D eigenvalue weighted by atomic mass is 10.1. The SMILES string of the molecule is CCCNC(=O)[C@H](CC)N(Cc1ccc(Cl)c(Cl)c1)C(=O)CN(c1cccc([N+](=O)[O-])c1)S(=O)(=O)c1ccccc1. The molecule has 1 N–H and O–H groups in total. The van der Waals surface area contributed by atoms with Crippen LogP contribution in [0.3, 0.4) is 0 Å². The van der Waals surface area contributed by atoms with Gasteiger partial charge in [0.1, 0.15) is 12.6 Å². The molecule has 41 heavy (non-hydrogen) atoms. The van der Waals surface area contributed by atoms with Gasteiger partial charge >= 0.3 is 0 Å². The number of sulfonamides is 1. The Bertz CT molecular complexity index is 1500. The smallest absolute Gasteiger partial charge is 0.271 e. The number of non-ortho nitro benzene ring substituents is 1. The number of rotatable bonds is 13. The van der Waals surface area contributed by atoms with Crippen molar-refractivity contribution < 1.29 is 22.9 Å². The highest BCUT2D eigenvalue weighted by Crippen LogP contribution is 2.28. The number of halogens is 2. The highest BCUT2D eigenvalue weighted by Gasteiger charge is 2.34. The zero-order chi connectivity index (χ0) is 30.2. The van der Waals surface area contributed by atoms with Crippen LogP contribution in [0.15, 0.2) is 77.7 Å². The number of nitro benzene ring substituents is 1. The lowest BCUT2D eigenvalue weighted by Gasteiger charge is -2.33. The van der Waals surface area contributed by atoms with E-state index in [1.807, 2.05) is 6.92 Å². The predicted octanol–water partition coefficient (Wildman–Crippen LogP) is 5.43. The Kier molecular flexibility index (Phi) is 11.1. The Morgan fingerprint density at radius 3 is 2.29 bits per heavy atom. The van der Waals surface area contributed by atoms with Crippen LogP contribution in [0.1, 0.15) is 32.3 Å². The first kappa shape index (κ1) is 31.9. The molecule has 13 heteroatoms. The third kappa shape index (κ3) is 7.96. The summed E-state index contributed by atoms with van der Waals surface area (Å²) in [5.74, 6) is -1.09. The predicted molar refractivity (Wildman–Crippen MR) is 158 cm³/mol. The van der Waals surface area contributed by atoms with Crippen molar-refractivity contribution in [2.45, 2.75) is 44.2 Å². The molecule has 0 saturated heterocycles. The topological polar surface area (TPSA) is 130 Å². The number of carbonyl (C=O) groups is 2. The summed E-state index contributed by atoms with van der Waals surface area (Å²) in [4.78, 5) is 39.1. The fourth-order valence-corrected chi connectivity index (χ4v) is 5.88. The number of hydrogen-bond acceptors (Lipinski definition) is 6. The first-order valence-electron chi connectivity index (χ1n) is 12.8. The third-order valence-electron chi connectivity index (χ3n) is 6.21. The van der Waals surface area contributed by atoms with Gasteiger partial charge in [0.2, 0.25) is 11.8 Å². The van der Waals surface area contributed by atoms with Crippen molar-refractivity contribution in [1.29, 1.82) is 0 Å². The Balaban J connectivity index is 2.09. The fourth-order valence-electron chi connectivity index (χ4n) is 4.13. The Morgan fingerprint density at radius 1 is 0.976 bits per heavy atom. The first-order chi connectivity index (χ1) is 19.5. The van der Waals surface area contributed by atoms with E-state index in [0.29, 0.717) is 23.6 Å². The van der Waals surface area contributed by atoms with Crippen molar-refractivity contribution in [1.82, 2.24) is 10.2 Å². The van der Waals surface area contributed by atoms with E-state index < -0.39 is 39.3 Å². The molecule has 3 aromatic carbocycles. The summed E-state index contributed by atoms with van der Waals surface area (Å²) in [5, 5.41) is 14.8. The molecule has 0 spiro atoms. The van der Waals surface area contributed by atoms with E-state index in [1.165, 1.54) is 47.4 Å². The molecule has 0 aromatic heterocycles. The minimum atomic E-state index is -4.35. The summed E-state index contributed by atoms with van der Waals surface area (Å²) in [5.41, 5.74) is 0.151. The van der Waals surface area contributed by atoms with Crippen LogP contribution < -0.4 is 9.62 Å². The number of carbonyl (C=O) groups excluding carboxylic acids is 2. The van der Waals surface area contributed by atoms with Gasteiger partial charge in [-0.25, -0.2) is 8.42 Å². The highest BCUT2D eigenvalue weighted by atomic mass is 35.5. The van der Waals surface area contributed by atoms with Crippen LogP contribution >= 0.6 is 23.2 Å². The zero-order valence-corrected chi connectivity index (χ0v) is 24.8. The van der Waals surface area contributed by atoms with Gasteiger partial charge in [0.25, 0.3) is 15.7 Å². The van der Waals surface area contributed by atoms with Gasteiger partial charge in [-0.15, -0.1) is 0 Å². The molecule has 0 bridgehead atoms. The molecule has 0 aliphatic heterocycles. The molecule has 1 atom stereocenters. The molecule has 0 aliphatic carbocycles. The van der Waals surface area contributed by atoms with Crippen LogP contribution in [-0.2, 0) is 26.2 Å². The summed E-state index contributed by atoms with van der Waals surface area (Å²) >= 11 is 12.3. The van der Waals surface area contributed by atoms with Crippen molar-refractivity contribution >= 4 is 56.4 Å². The maximum atomic E-state index is 14.0. The molecule has 0 fully saturated rings. The summed E-state index contributed by atoms with van der Waals surface area (Å²) in [7, 11) is -4.35. The first-order valence-corrected chi connectivity index (χ1v) is 15.0. The molecule has 0 radical (unpaired) electrons. The van der Waals surface area contributed by atoms with Crippen LogP contribution in [0, 0.1) is 10.1 Å². The van der Waals surface area contributed by atoms with Crippen molar-refractivity contribution in [3.05, 3.63) is 98.5 Å². The minimum absolute atomic E-state index is 0.0675. The van der Waals surface area contributed by atoms with Gasteiger partial charge in [-0.1, -0.05) is 67.4 Å². The zero-order valence-electron chi connectivity index (χ0n) is 22.5. The molecule has 3 aromatic rings. The Hall–Kier alpha value is -3.67. The van der Waals surface area contributed by atoms with Crippen molar-refractivity contribution in [3.8, 4) is 0 Å². The number of anilines is 1. The third-order valence-corrected chi connectivity index (χ3v) is 8.74. The number of nitro groups is 1. The van der Waals surface area contributed by atoms with Crippen LogP contribution in [0.4, 0.5) is 11.4 Å². The Labute approximate surface area is 249 Å². The van der Waals surface area contributed by atoms with Crippen molar-refractivity contribution in [3.63, 3.8) is 0 Å². The average Bonchev–Trinajstić information content (AvgIpc) is 2.96. The number of hydrogen-bond donors (Lipinski definition) is 1. The van der Waals surface area contributed by atoms with Gasteiger partial charge < -0.3 is 10.2 Å². The van der Waals surface area contributed by atoms with Crippen LogP contribution in [-0.4, -0.2) is 49.2 Å². The monoisotopic (exact) mass is 620 g/mol. The van der Waals surface area contributed by atoms with E-state index in [0.717, 1.165) is 10.4 Å². The molecule has 10 nitrogen and oxygen atoms in total. The van der Waals surface area contributed by atoms with E-state index >= 15 is 0 Å². The largest absolute Gasteiger partial charge is 0.354 e. The molecule has 0 aliphatic rings. The summed E-state index contributed by atoms with van der Waals surface area (Å²) in [6, 6.07) is 16.3. The van der Waals surface area contributed by atoms with Gasteiger partial charge in [-0.3, -0.25) is 24.0 Å². The number of nitrogens with zero attached hydrogens (tertiary/aromatic N) is 3. The molecule has 0 saturated carbocycles. The second-order valence-electron chi connectivity index (χ2n) is 9.09. The van der Waals surface area contributed by atoms with E-state index in [1.54, 1.807) is 31.2 Å². The second-order valence-corrected chi connectivity index (χ2v) is 11.8. The summed E-state index contributed by atoms with van der Waals surface area (Å²) in [6.45, 7) is 3.24. The van der Waals surface area contributed by atoms with Gasteiger partial charge in [0, 0.05) is 25.2 Å². The maximum Gasteiger partial charge on any atom is 0.271 e. The fraction of sp³-hybridized carbons (Fsp3) is 0.286. The van der Waals surface area contributed by atoms with E-state index in [4.69, 9.17) is 23.2 Å². The summed E-state index contributed by atoms with van der Waals surface area (Å²) in [6.07, 6.45) is 0.920. The van der Waals surface area contributed by atoms with Gasteiger partial charge in [-0.05, 0) is 48.7 Å². The van der Waals surface area contributed by atoms with Gasteiger partial charge in [-0.2, -0.15) is 0 Å². The molecule has 2 amide bonds. The average molecular weight is 622 g/mol. The van der Waals surface area contributed by atoms with Crippen molar-refractivity contribution in [2.75, 3.05) is 17.4 Å². The lowest BCUT2D eigenvalue weighted by Crippen LogP contribution is -2.52. The van der Waals surface area contributed by atoms with Crippen LogP contribution in [0.5, 0.6) is 0 Å². The van der Waals surface area contributed by atoms with E-state index in [-0.39, 0.29) is 34.3 Å². The second kappa shape index (κ2) is 14.3. The highest BCUT2D eigenvalue weighted by molar-refractivity contribution is 7.92. The molecule has 218 valence electrons. The molecule has 0 unspecified atom stereocenters. The van der Waals surface area contributed by atoms with E-state index in [2.05, 4.69) is 5.32 Å². The normalized spacial score (nSPS) is 11.9. The molecular formula is C28H30Cl2N4O6S. The lowest BCUT2D eigenvalue weighted by molar-refractivity contribution is -0.384. The molecule has 3 rings (SSSR count).